The summed E-state index contributed by atoms with van der Waals surface area (Å²) in [6.45, 7) is 1.87. The van der Waals surface area contributed by atoms with Crippen LogP contribution in [0.5, 0.6) is 17.2 Å². The number of benzene rings is 4. The summed E-state index contributed by atoms with van der Waals surface area (Å²) >= 11 is 0. The molecule has 5 nitrogen and oxygen atoms in total. The number of fused-ring (bicyclic) bond motifs is 3. The minimum Gasteiger partial charge on any atom is -0.496 e. The highest BCUT2D eigenvalue weighted by Crippen LogP contribution is 2.34. The predicted molar refractivity (Wildman–Crippen MR) is 145 cm³/mol. The smallest absolute Gasteiger partial charge is 0.153 e. The van der Waals surface area contributed by atoms with Crippen molar-refractivity contribution in [2.75, 3.05) is 13.7 Å². The van der Waals surface area contributed by atoms with E-state index in [0.29, 0.717) is 19.0 Å². The minimum absolute atomic E-state index is 0.135. The molecule has 0 fully saturated rings. The second kappa shape index (κ2) is 10.6. The lowest BCUT2D eigenvalue weighted by atomic mass is 9.93. The molecule has 38 heavy (non-hydrogen) atoms. The fraction of sp³-hybridized carbons (Fsp3) is 0.188. The zero-order valence-electron chi connectivity index (χ0n) is 21.2. The first-order valence-electron chi connectivity index (χ1n) is 12.9. The molecule has 1 aliphatic rings. The van der Waals surface area contributed by atoms with Crippen molar-refractivity contribution >= 4 is 10.9 Å². The molecule has 6 heteroatoms. The first-order valence-corrected chi connectivity index (χ1v) is 12.9. The summed E-state index contributed by atoms with van der Waals surface area (Å²) in [7, 11) is 1.66. The fourth-order valence-corrected chi connectivity index (χ4v) is 5.22. The molecule has 0 saturated carbocycles. The van der Waals surface area contributed by atoms with Gasteiger partial charge in [-0.25, -0.2) is 4.39 Å². The Morgan fingerprint density at radius 3 is 2.47 bits per heavy atom. The number of aromatic nitrogens is 1. The number of methoxy groups -OCH3 is 1. The number of nitrogens with two attached hydrogens (primary N) is 1. The van der Waals surface area contributed by atoms with Crippen LogP contribution in [-0.4, -0.2) is 18.6 Å². The van der Waals surface area contributed by atoms with Crippen molar-refractivity contribution in [3.05, 3.63) is 125 Å². The monoisotopic (exact) mass is 509 g/mol. The summed E-state index contributed by atoms with van der Waals surface area (Å²) in [5, 5.41) is 3.59. The van der Waals surface area contributed by atoms with Gasteiger partial charge in [-0.15, -0.1) is 0 Å². The number of nitrogens with one attached hydrogen (secondary N) is 1. The van der Waals surface area contributed by atoms with Gasteiger partial charge in [-0.2, -0.15) is 0 Å². The fourth-order valence-electron chi connectivity index (χ4n) is 5.22. The van der Waals surface area contributed by atoms with Gasteiger partial charge in [0.15, 0.2) is 6.04 Å². The summed E-state index contributed by atoms with van der Waals surface area (Å²) in [6.07, 6.45) is 0.991. The Bertz CT molecular complexity index is 1550. The topological polar surface area (TPSA) is 60.1 Å². The number of aromatic amines is 1. The van der Waals surface area contributed by atoms with Crippen molar-refractivity contribution in [1.82, 2.24) is 4.98 Å². The predicted octanol–water partition coefficient (Wildman–Crippen LogP) is 5.68. The van der Waals surface area contributed by atoms with Crippen molar-refractivity contribution in [1.29, 1.82) is 0 Å². The zero-order valence-corrected chi connectivity index (χ0v) is 21.2. The van der Waals surface area contributed by atoms with Crippen molar-refractivity contribution < 1.29 is 23.9 Å². The number of quaternary nitrogens is 1. The Morgan fingerprint density at radius 2 is 1.66 bits per heavy atom. The Kier molecular flexibility index (Phi) is 6.71. The van der Waals surface area contributed by atoms with Crippen molar-refractivity contribution in [3.8, 4) is 17.2 Å². The lowest BCUT2D eigenvalue weighted by molar-refractivity contribution is -0.690. The van der Waals surface area contributed by atoms with Crippen LogP contribution < -0.4 is 19.5 Å². The van der Waals surface area contributed by atoms with Gasteiger partial charge in [0.2, 0.25) is 0 Å². The standard InChI is InChI=1S/C32H29FN2O3/c1-36-30-14-7-22(17-23(30)20-38-25-10-8-24(33)9-11-25)31-32-27(15-16-34-31)28-18-26(12-13-29(28)35-32)37-19-21-5-3-2-4-6-21/h2-14,17-18,31,34-35H,15-16,19-20H2,1H3/p+1/t31-/m0/s1. The molecular weight excluding hydrogens is 479 g/mol. The highest BCUT2D eigenvalue weighted by atomic mass is 19.1. The quantitative estimate of drug-likeness (QED) is 0.283. The van der Waals surface area contributed by atoms with Crippen LogP contribution in [0.15, 0.2) is 91.0 Å². The van der Waals surface area contributed by atoms with E-state index in [-0.39, 0.29) is 11.9 Å². The van der Waals surface area contributed by atoms with E-state index in [1.807, 2.05) is 30.3 Å². The molecule has 0 saturated heterocycles. The van der Waals surface area contributed by atoms with Crippen molar-refractivity contribution in [2.24, 2.45) is 0 Å². The van der Waals surface area contributed by atoms with Crippen LogP contribution in [0.3, 0.4) is 0 Å². The maximum absolute atomic E-state index is 13.3. The van der Waals surface area contributed by atoms with Crippen molar-refractivity contribution in [3.63, 3.8) is 0 Å². The summed E-state index contributed by atoms with van der Waals surface area (Å²) in [5.74, 6) is 1.97. The van der Waals surface area contributed by atoms with E-state index in [0.717, 1.165) is 41.1 Å². The lowest BCUT2D eigenvalue weighted by Gasteiger charge is -2.22. The zero-order chi connectivity index (χ0) is 25.9. The highest BCUT2D eigenvalue weighted by molar-refractivity contribution is 5.86. The molecule has 5 aromatic rings. The van der Waals surface area contributed by atoms with Gasteiger partial charge in [0.25, 0.3) is 0 Å². The SMILES string of the molecule is COc1ccc([C@@H]2[NH2+]CCc3c2[nH]c2ccc(OCc4ccccc4)cc32)cc1COc1ccc(F)cc1. The number of hydrogen-bond acceptors (Lipinski definition) is 3. The molecule has 4 aromatic carbocycles. The Morgan fingerprint density at radius 1 is 0.868 bits per heavy atom. The van der Waals surface area contributed by atoms with E-state index < -0.39 is 0 Å². The summed E-state index contributed by atoms with van der Waals surface area (Å²) in [6, 6.07) is 29.0. The van der Waals surface area contributed by atoms with E-state index in [4.69, 9.17) is 14.2 Å². The average molecular weight is 510 g/mol. The molecule has 1 aliphatic heterocycles. The van der Waals surface area contributed by atoms with Gasteiger partial charge in [-0.05, 0) is 71.8 Å². The minimum atomic E-state index is -0.284. The molecule has 2 heterocycles. The first kappa shape index (κ1) is 24.1. The molecule has 1 aromatic heterocycles. The van der Waals surface area contributed by atoms with Crippen LogP contribution in [0, 0.1) is 5.82 Å². The van der Waals surface area contributed by atoms with Crippen LogP contribution in [0.25, 0.3) is 10.9 Å². The number of H-pyrrole nitrogens is 1. The maximum atomic E-state index is 13.3. The number of rotatable bonds is 8. The summed E-state index contributed by atoms with van der Waals surface area (Å²) in [4.78, 5) is 3.69. The normalized spacial score (nSPS) is 14.7. The first-order chi connectivity index (χ1) is 18.7. The third-order valence-corrected chi connectivity index (χ3v) is 7.14. The van der Waals surface area contributed by atoms with Crippen LogP contribution in [0.4, 0.5) is 4.39 Å². The molecule has 0 aliphatic carbocycles. The molecule has 1 atom stereocenters. The van der Waals surface area contributed by atoms with Crippen LogP contribution in [0.1, 0.15) is 34.0 Å². The molecule has 6 rings (SSSR count). The molecule has 0 bridgehead atoms. The summed E-state index contributed by atoms with van der Waals surface area (Å²) < 4.78 is 30.9. The molecule has 192 valence electrons. The van der Waals surface area contributed by atoms with E-state index in [1.165, 1.54) is 34.3 Å². The van der Waals surface area contributed by atoms with E-state index >= 15 is 0 Å². The highest BCUT2D eigenvalue weighted by Gasteiger charge is 2.29. The second-order valence-corrected chi connectivity index (χ2v) is 9.56. The third kappa shape index (κ3) is 4.95. The molecule has 0 amide bonds. The van der Waals surface area contributed by atoms with Gasteiger partial charge in [0.05, 0.1) is 19.3 Å². The molecule has 0 unspecified atom stereocenters. The molecule has 0 radical (unpaired) electrons. The maximum Gasteiger partial charge on any atom is 0.153 e. The Balaban J connectivity index is 1.26. The van der Waals surface area contributed by atoms with Crippen LogP contribution in [0.2, 0.25) is 0 Å². The number of ether oxygens (including phenoxy) is 3. The molecule has 3 N–H and O–H groups in total. The number of halogens is 1. The van der Waals surface area contributed by atoms with Gasteiger partial charge in [-0.1, -0.05) is 30.3 Å². The average Bonchev–Trinajstić information content (AvgIpc) is 3.34. The summed E-state index contributed by atoms with van der Waals surface area (Å²) in [5.41, 5.74) is 6.96. The second-order valence-electron chi connectivity index (χ2n) is 9.56. The van der Waals surface area contributed by atoms with E-state index in [2.05, 4.69) is 46.7 Å². The number of hydrogen-bond donors (Lipinski definition) is 2. The largest absolute Gasteiger partial charge is 0.496 e. The van der Waals surface area contributed by atoms with Crippen molar-refractivity contribution in [2.45, 2.75) is 25.7 Å². The van der Waals surface area contributed by atoms with E-state index in [1.54, 1.807) is 19.2 Å². The Labute approximate surface area is 221 Å². The van der Waals surface area contributed by atoms with Gasteiger partial charge in [-0.3, -0.25) is 0 Å². The van der Waals surface area contributed by atoms with E-state index in [9.17, 15) is 4.39 Å². The third-order valence-electron chi connectivity index (χ3n) is 7.14. The van der Waals surface area contributed by atoms with Crippen LogP contribution >= 0.6 is 0 Å². The lowest BCUT2D eigenvalue weighted by Crippen LogP contribution is -2.87. The van der Waals surface area contributed by atoms with Gasteiger partial charge in [0.1, 0.15) is 36.3 Å². The van der Waals surface area contributed by atoms with Gasteiger partial charge < -0.3 is 24.5 Å². The van der Waals surface area contributed by atoms with Gasteiger partial charge in [0, 0.05) is 28.5 Å². The molecule has 0 spiro atoms. The van der Waals surface area contributed by atoms with Crippen LogP contribution in [-0.2, 0) is 19.6 Å². The Hall–Kier alpha value is -4.29. The molecular formula is C32H30FN2O3+. The van der Waals surface area contributed by atoms with Gasteiger partial charge >= 0.3 is 0 Å².